The molecule has 0 aromatic rings. The van der Waals surface area contributed by atoms with Crippen LogP contribution in [0.2, 0.25) is 0 Å². The van der Waals surface area contributed by atoms with Crippen molar-refractivity contribution in [1.82, 2.24) is 0 Å². The van der Waals surface area contributed by atoms with Crippen molar-refractivity contribution >= 4 is 20.2 Å². The molecule has 0 N–H and O–H groups in total. The minimum atomic E-state index is 0. The quantitative estimate of drug-likeness (QED) is 0.446. The number of hydrogen-bond donors (Lipinski definition) is 0. The second-order valence-electron chi connectivity index (χ2n) is 1.76. The van der Waals surface area contributed by atoms with Crippen LogP contribution in [0.4, 0.5) is 0 Å². The summed E-state index contributed by atoms with van der Waals surface area (Å²) < 4.78 is 5.26. The molecule has 1 aliphatic rings. The van der Waals surface area contributed by atoms with E-state index >= 15 is 0 Å². The largest absolute Gasteiger partial charge is 0.377 e. The molecule has 1 nitrogen and oxygen atoms in total. The van der Waals surface area contributed by atoms with Crippen LogP contribution < -0.4 is 0 Å². The van der Waals surface area contributed by atoms with Gasteiger partial charge in [0, 0.05) is 19.9 Å². The summed E-state index contributed by atoms with van der Waals surface area (Å²) in [5.41, 5.74) is 0. The molecule has 1 heterocycles. The highest BCUT2D eigenvalue weighted by molar-refractivity contribution is 7.99. The van der Waals surface area contributed by atoms with Crippen molar-refractivity contribution in [3.8, 4) is 0 Å². The Morgan fingerprint density at radius 3 is 2.62 bits per heavy atom. The van der Waals surface area contributed by atoms with E-state index in [9.17, 15) is 0 Å². The van der Waals surface area contributed by atoms with Crippen LogP contribution in [0.15, 0.2) is 0 Å². The minimum Gasteiger partial charge on any atom is -0.377 e. The Kier molecular flexibility index (Phi) is 4.47. The van der Waals surface area contributed by atoms with Crippen LogP contribution in [0.1, 0.15) is 6.92 Å². The molecule has 8 heavy (non-hydrogen) atoms. The van der Waals surface area contributed by atoms with Crippen molar-refractivity contribution in [3.63, 3.8) is 0 Å². The molecule has 1 saturated heterocycles. The van der Waals surface area contributed by atoms with Gasteiger partial charge in [0.05, 0.1) is 12.7 Å². The van der Waals surface area contributed by atoms with Crippen molar-refractivity contribution in [2.45, 2.75) is 13.0 Å². The predicted molar refractivity (Wildman–Crippen MR) is 38.5 cm³/mol. The van der Waals surface area contributed by atoms with E-state index < -0.39 is 0 Å². The fourth-order valence-electron chi connectivity index (χ4n) is 0.606. The van der Waals surface area contributed by atoms with Crippen LogP contribution in [-0.2, 0) is 4.74 Å². The molecule has 0 saturated carbocycles. The zero-order valence-corrected chi connectivity index (χ0v) is 5.91. The minimum absolute atomic E-state index is 0. The summed E-state index contributed by atoms with van der Waals surface area (Å²) in [7, 11) is 0. The average molecular weight is 129 g/mol. The van der Waals surface area contributed by atoms with Crippen LogP contribution in [0.5, 0.6) is 0 Å². The maximum absolute atomic E-state index is 5.26. The Hall–Kier alpha value is 0.375. The van der Waals surface area contributed by atoms with Crippen LogP contribution in [-0.4, -0.2) is 32.6 Å². The van der Waals surface area contributed by atoms with Crippen LogP contribution in [0, 0.1) is 0 Å². The van der Waals surface area contributed by atoms with Gasteiger partial charge in [0.1, 0.15) is 0 Å². The van der Waals surface area contributed by atoms with Crippen LogP contribution in [0.3, 0.4) is 0 Å². The Morgan fingerprint density at radius 2 is 2.38 bits per heavy atom. The molecule has 1 fully saturated rings. The van der Waals surface area contributed by atoms with E-state index in [2.05, 4.69) is 6.92 Å². The van der Waals surface area contributed by atoms with Gasteiger partial charge in [-0.05, 0) is 6.92 Å². The van der Waals surface area contributed by atoms with Gasteiger partial charge in [-0.15, -0.1) is 0 Å². The van der Waals surface area contributed by atoms with Gasteiger partial charge >= 0.3 is 0 Å². The summed E-state index contributed by atoms with van der Waals surface area (Å²) in [5.74, 6) is 2.37. The van der Waals surface area contributed by atoms with Gasteiger partial charge in [-0.3, -0.25) is 0 Å². The fraction of sp³-hybridized carbons (Fsp3) is 1.00. The van der Waals surface area contributed by atoms with Crippen LogP contribution >= 0.6 is 11.8 Å². The fourth-order valence-corrected chi connectivity index (χ4v) is 1.41. The first kappa shape index (κ1) is 8.37. The molecule has 45 valence electrons. The van der Waals surface area contributed by atoms with Crippen molar-refractivity contribution in [2.75, 3.05) is 18.1 Å². The Morgan fingerprint density at radius 1 is 1.62 bits per heavy atom. The van der Waals surface area contributed by atoms with E-state index in [0.717, 1.165) is 6.61 Å². The zero-order chi connectivity index (χ0) is 5.11. The first-order valence-corrected chi connectivity index (χ1v) is 3.74. The lowest BCUT2D eigenvalue weighted by atomic mass is 10.5. The lowest BCUT2D eigenvalue weighted by molar-refractivity contribution is 0.0892. The summed E-state index contributed by atoms with van der Waals surface area (Å²) in [5, 5.41) is 0. The Bertz CT molecular complexity index is 54.4. The monoisotopic (exact) mass is 129 g/mol. The molecule has 3 heteroatoms. The van der Waals surface area contributed by atoms with Crippen molar-refractivity contribution in [1.29, 1.82) is 0 Å². The molecule has 1 atom stereocenters. The Labute approximate surface area is 56.8 Å². The lowest BCUT2D eigenvalue weighted by Crippen LogP contribution is -2.18. The summed E-state index contributed by atoms with van der Waals surface area (Å²) in [6.07, 6.45) is 0.499. The average Bonchev–Trinajstić information content (AvgIpc) is 1.69. The smallest absolute Gasteiger partial charge is 0.0637 e. The lowest BCUT2D eigenvalue weighted by Gasteiger charge is -2.17. The molecule has 3 radical (unpaired) electrons. The molecule has 0 aromatic heterocycles. The van der Waals surface area contributed by atoms with Gasteiger partial charge < -0.3 is 4.74 Å². The highest BCUT2D eigenvalue weighted by atomic mass is 32.2. The maximum Gasteiger partial charge on any atom is 0.0637 e. The molecular formula is C5H10BOS. The summed E-state index contributed by atoms with van der Waals surface area (Å²) in [6, 6.07) is 0. The second kappa shape index (κ2) is 4.27. The normalized spacial score (nSPS) is 28.9. The molecule has 1 aliphatic heterocycles. The molecule has 0 aliphatic carbocycles. The first-order chi connectivity index (χ1) is 3.39. The third-order valence-corrected chi connectivity index (χ3v) is 2.14. The molecule has 0 bridgehead atoms. The topological polar surface area (TPSA) is 9.23 Å². The van der Waals surface area contributed by atoms with E-state index in [1.807, 2.05) is 11.8 Å². The molecule has 0 spiro atoms. The molecule has 1 unspecified atom stereocenters. The SMILES string of the molecule is CC1CSCCO1.[B]. The number of thioether (sulfide) groups is 1. The van der Waals surface area contributed by atoms with Gasteiger partial charge in [-0.25, -0.2) is 0 Å². The Balaban J connectivity index is 0.000000490. The molecule has 1 rings (SSSR count). The van der Waals surface area contributed by atoms with E-state index in [-0.39, 0.29) is 8.41 Å². The summed E-state index contributed by atoms with van der Waals surface area (Å²) >= 11 is 1.98. The van der Waals surface area contributed by atoms with E-state index in [0.29, 0.717) is 6.10 Å². The third-order valence-electron chi connectivity index (χ3n) is 0.983. The standard InChI is InChI=1S/C5H10OS.B/c1-5-4-7-3-2-6-5;/h5H,2-4H2,1H3;. The van der Waals surface area contributed by atoms with Gasteiger partial charge in [0.2, 0.25) is 0 Å². The third kappa shape index (κ3) is 2.63. The van der Waals surface area contributed by atoms with Crippen molar-refractivity contribution in [2.24, 2.45) is 0 Å². The maximum atomic E-state index is 5.26. The second-order valence-corrected chi connectivity index (χ2v) is 2.91. The van der Waals surface area contributed by atoms with Gasteiger partial charge in [-0.2, -0.15) is 11.8 Å². The molecular weight excluding hydrogens is 119 g/mol. The zero-order valence-electron chi connectivity index (χ0n) is 5.09. The molecule has 0 aromatic carbocycles. The number of ether oxygens (including phenoxy) is 1. The van der Waals surface area contributed by atoms with Crippen molar-refractivity contribution in [3.05, 3.63) is 0 Å². The first-order valence-electron chi connectivity index (χ1n) is 2.59. The highest BCUT2D eigenvalue weighted by Crippen LogP contribution is 2.10. The van der Waals surface area contributed by atoms with E-state index in [1.165, 1.54) is 11.5 Å². The van der Waals surface area contributed by atoms with Crippen molar-refractivity contribution < 1.29 is 4.74 Å². The number of hydrogen-bond acceptors (Lipinski definition) is 2. The van der Waals surface area contributed by atoms with E-state index in [4.69, 9.17) is 4.74 Å². The summed E-state index contributed by atoms with van der Waals surface area (Å²) in [6.45, 7) is 3.07. The van der Waals surface area contributed by atoms with E-state index in [1.54, 1.807) is 0 Å². The predicted octanol–water partition coefficient (Wildman–Crippen LogP) is 0.758. The molecule has 0 amide bonds. The van der Waals surface area contributed by atoms with Gasteiger partial charge in [0.15, 0.2) is 0 Å². The summed E-state index contributed by atoms with van der Waals surface area (Å²) in [4.78, 5) is 0. The number of rotatable bonds is 0. The van der Waals surface area contributed by atoms with Gasteiger partial charge in [-0.1, -0.05) is 0 Å². The highest BCUT2D eigenvalue weighted by Gasteiger charge is 2.06. The van der Waals surface area contributed by atoms with Crippen LogP contribution in [0.25, 0.3) is 0 Å². The van der Waals surface area contributed by atoms with Gasteiger partial charge in [0.25, 0.3) is 0 Å².